The Kier molecular flexibility index (Phi) is 5.70. The zero-order valence-electron chi connectivity index (χ0n) is 13.9. The van der Waals surface area contributed by atoms with Crippen LogP contribution in [0, 0.1) is 6.92 Å². The Bertz CT molecular complexity index is 624. The average molecular weight is 354 g/mol. The van der Waals surface area contributed by atoms with Crippen molar-refractivity contribution in [1.29, 1.82) is 0 Å². The molecule has 0 radical (unpaired) electrons. The van der Waals surface area contributed by atoms with Crippen LogP contribution in [0.1, 0.15) is 54.9 Å². The number of sulfonamides is 1. The fourth-order valence-electron chi connectivity index (χ4n) is 3.77. The lowest BCUT2D eigenvalue weighted by Gasteiger charge is -2.28. The smallest absolute Gasteiger partial charge is 0.212 e. The van der Waals surface area contributed by atoms with E-state index in [9.17, 15) is 8.42 Å². The summed E-state index contributed by atoms with van der Waals surface area (Å²) in [5.41, 5.74) is 2.68. The van der Waals surface area contributed by atoms with Crippen molar-refractivity contribution < 1.29 is 8.42 Å². The Balaban J connectivity index is 1.70. The van der Waals surface area contributed by atoms with E-state index < -0.39 is 10.0 Å². The van der Waals surface area contributed by atoms with Gasteiger partial charge < -0.3 is 0 Å². The number of thioether (sulfide) groups is 1. The van der Waals surface area contributed by atoms with E-state index in [2.05, 4.69) is 31.2 Å². The van der Waals surface area contributed by atoms with Crippen molar-refractivity contribution in [3.63, 3.8) is 0 Å². The van der Waals surface area contributed by atoms with Gasteiger partial charge in [-0.25, -0.2) is 12.7 Å². The van der Waals surface area contributed by atoms with Gasteiger partial charge in [-0.3, -0.25) is 0 Å². The molecule has 0 bridgehead atoms. The van der Waals surface area contributed by atoms with Crippen molar-refractivity contribution in [3.8, 4) is 0 Å². The molecule has 5 heteroatoms. The highest BCUT2D eigenvalue weighted by Gasteiger charge is 2.34. The molecule has 1 aliphatic carbocycles. The van der Waals surface area contributed by atoms with E-state index in [-0.39, 0.29) is 5.25 Å². The molecule has 0 N–H and O–H groups in total. The van der Waals surface area contributed by atoms with Crippen molar-refractivity contribution in [2.45, 2.75) is 55.9 Å². The molecule has 3 nitrogen and oxygen atoms in total. The Hall–Kier alpha value is -0.520. The summed E-state index contributed by atoms with van der Waals surface area (Å²) in [6.07, 6.45) is 5.95. The minimum atomic E-state index is -3.10. The Morgan fingerprint density at radius 3 is 2.52 bits per heavy atom. The van der Waals surface area contributed by atoms with Gasteiger partial charge in [-0.05, 0) is 37.3 Å². The largest absolute Gasteiger partial charge is 0.217 e. The second kappa shape index (κ2) is 7.58. The maximum atomic E-state index is 12.9. The van der Waals surface area contributed by atoms with Gasteiger partial charge in [-0.1, -0.05) is 43.5 Å². The lowest BCUT2D eigenvalue weighted by atomic mass is 10.0. The summed E-state index contributed by atoms with van der Waals surface area (Å²) in [6, 6.07) is 8.50. The van der Waals surface area contributed by atoms with Gasteiger partial charge in [-0.15, -0.1) is 0 Å². The van der Waals surface area contributed by atoms with Crippen LogP contribution in [0.25, 0.3) is 0 Å². The van der Waals surface area contributed by atoms with E-state index in [1.807, 2.05) is 11.8 Å². The summed E-state index contributed by atoms with van der Waals surface area (Å²) in [5, 5.41) is 0.291. The highest BCUT2D eigenvalue weighted by Crippen LogP contribution is 2.37. The predicted molar refractivity (Wildman–Crippen MR) is 98.4 cm³/mol. The molecule has 1 aliphatic heterocycles. The highest BCUT2D eigenvalue weighted by molar-refractivity contribution is 7.99. The first kappa shape index (κ1) is 17.3. The van der Waals surface area contributed by atoms with E-state index >= 15 is 0 Å². The van der Waals surface area contributed by atoms with Crippen molar-refractivity contribution in [1.82, 2.24) is 4.31 Å². The highest BCUT2D eigenvalue weighted by atomic mass is 32.2. The zero-order chi connectivity index (χ0) is 16.3. The zero-order valence-corrected chi connectivity index (χ0v) is 15.5. The lowest BCUT2D eigenvalue weighted by molar-refractivity contribution is 0.399. The van der Waals surface area contributed by atoms with Crippen LogP contribution in [-0.4, -0.2) is 36.8 Å². The molecule has 0 amide bonds. The van der Waals surface area contributed by atoms with Crippen LogP contribution in [0.4, 0.5) is 0 Å². The topological polar surface area (TPSA) is 37.4 Å². The van der Waals surface area contributed by atoms with Crippen molar-refractivity contribution in [2.24, 2.45) is 0 Å². The molecule has 0 spiro atoms. The Morgan fingerprint density at radius 2 is 1.78 bits per heavy atom. The van der Waals surface area contributed by atoms with Gasteiger partial charge in [0.25, 0.3) is 0 Å². The van der Waals surface area contributed by atoms with Crippen molar-refractivity contribution in [3.05, 3.63) is 35.4 Å². The molecule has 3 rings (SSSR count). The van der Waals surface area contributed by atoms with E-state index in [0.29, 0.717) is 18.3 Å². The van der Waals surface area contributed by atoms with Crippen LogP contribution in [0.15, 0.2) is 24.3 Å². The quantitative estimate of drug-likeness (QED) is 0.820. The Labute approximate surface area is 144 Å². The molecule has 1 aromatic carbocycles. The summed E-state index contributed by atoms with van der Waals surface area (Å²) in [4.78, 5) is 0. The Morgan fingerprint density at radius 1 is 1.04 bits per heavy atom. The first-order valence-corrected chi connectivity index (χ1v) is 11.3. The third-order valence-electron chi connectivity index (χ3n) is 5.17. The van der Waals surface area contributed by atoms with Crippen LogP contribution in [-0.2, 0) is 10.0 Å². The standard InChI is InChI=1S/C18H27NO2S2/c1-15-7-5-6-10-17(15)18-11-12-19(13-14-22-18)23(20,21)16-8-3-2-4-9-16/h5-7,10,16,18H,2-4,8-9,11-14H2,1H3. The number of aryl methyl sites for hydroxylation is 1. The van der Waals surface area contributed by atoms with Gasteiger partial charge >= 0.3 is 0 Å². The number of hydrogen-bond donors (Lipinski definition) is 0. The molecule has 1 saturated heterocycles. The fraction of sp³-hybridized carbons (Fsp3) is 0.667. The minimum Gasteiger partial charge on any atom is -0.212 e. The lowest BCUT2D eigenvalue weighted by Crippen LogP contribution is -2.40. The molecule has 1 atom stereocenters. The van der Waals surface area contributed by atoms with Gasteiger partial charge in [0.05, 0.1) is 5.25 Å². The van der Waals surface area contributed by atoms with Gasteiger partial charge in [0.2, 0.25) is 10.0 Å². The van der Waals surface area contributed by atoms with Crippen LogP contribution in [0.3, 0.4) is 0 Å². The summed E-state index contributed by atoms with van der Waals surface area (Å²) < 4.78 is 27.6. The minimum absolute atomic E-state index is 0.128. The summed E-state index contributed by atoms with van der Waals surface area (Å²) in [6.45, 7) is 3.49. The van der Waals surface area contributed by atoms with Gasteiger partial charge in [0.15, 0.2) is 0 Å². The SMILES string of the molecule is Cc1ccccc1C1CCN(S(=O)(=O)C2CCCCC2)CCS1. The number of nitrogens with zero attached hydrogens (tertiary/aromatic N) is 1. The molecule has 2 fully saturated rings. The second-order valence-electron chi connectivity index (χ2n) is 6.71. The fourth-order valence-corrected chi connectivity index (χ4v) is 7.27. The van der Waals surface area contributed by atoms with Crippen LogP contribution in [0.5, 0.6) is 0 Å². The average Bonchev–Trinajstić information content (AvgIpc) is 2.83. The molecule has 1 aromatic rings. The summed E-state index contributed by atoms with van der Waals surface area (Å²) >= 11 is 1.91. The molecule has 1 saturated carbocycles. The van der Waals surface area contributed by atoms with Crippen molar-refractivity contribution in [2.75, 3.05) is 18.8 Å². The maximum Gasteiger partial charge on any atom is 0.217 e. The van der Waals surface area contributed by atoms with E-state index in [1.165, 1.54) is 17.5 Å². The number of benzene rings is 1. The van der Waals surface area contributed by atoms with E-state index in [0.717, 1.165) is 37.9 Å². The third kappa shape index (κ3) is 3.94. The summed E-state index contributed by atoms with van der Waals surface area (Å²) in [7, 11) is -3.10. The molecular weight excluding hydrogens is 326 g/mol. The molecule has 2 aliphatic rings. The molecular formula is C18H27NO2S2. The molecule has 0 aromatic heterocycles. The number of hydrogen-bond acceptors (Lipinski definition) is 3. The second-order valence-corrected chi connectivity index (χ2v) is 10.2. The third-order valence-corrected chi connectivity index (χ3v) is 8.88. The van der Waals surface area contributed by atoms with Crippen LogP contribution < -0.4 is 0 Å². The molecule has 1 heterocycles. The first-order valence-electron chi connectivity index (χ1n) is 8.75. The summed E-state index contributed by atoms with van der Waals surface area (Å²) in [5.74, 6) is 0.894. The van der Waals surface area contributed by atoms with E-state index in [1.54, 1.807) is 4.31 Å². The first-order chi connectivity index (χ1) is 11.1. The van der Waals surface area contributed by atoms with Crippen molar-refractivity contribution >= 4 is 21.8 Å². The van der Waals surface area contributed by atoms with Crippen LogP contribution >= 0.6 is 11.8 Å². The molecule has 1 unspecified atom stereocenters. The van der Waals surface area contributed by atoms with Gasteiger partial charge in [-0.2, -0.15) is 11.8 Å². The van der Waals surface area contributed by atoms with Crippen LogP contribution in [0.2, 0.25) is 0 Å². The normalized spacial score (nSPS) is 25.2. The molecule has 128 valence electrons. The monoisotopic (exact) mass is 353 g/mol. The maximum absolute atomic E-state index is 12.9. The predicted octanol–water partition coefficient (Wildman–Crippen LogP) is 4.14. The molecule has 23 heavy (non-hydrogen) atoms. The van der Waals surface area contributed by atoms with Gasteiger partial charge in [0.1, 0.15) is 0 Å². The number of rotatable bonds is 3. The van der Waals surface area contributed by atoms with Gasteiger partial charge in [0, 0.05) is 24.1 Å². The van der Waals surface area contributed by atoms with E-state index in [4.69, 9.17) is 0 Å².